The molecule has 2 fully saturated rings. The zero-order valence-corrected chi connectivity index (χ0v) is 13.1. The lowest BCUT2D eigenvalue weighted by Crippen LogP contribution is -2.63. The van der Waals surface area contributed by atoms with Gasteiger partial charge in [0.1, 0.15) is 24.9 Å². The SMILES string of the molecule is CO[C@@H]1[C@@H](OC)[C@H]2OC[C@](OC)(O2)[C@H]1OCc1ccccc1. The third-order valence-corrected chi connectivity index (χ3v) is 4.25. The first-order valence-corrected chi connectivity index (χ1v) is 7.30. The fraction of sp³-hybridized carbons (Fsp3) is 0.625. The first-order chi connectivity index (χ1) is 10.7. The fourth-order valence-corrected chi connectivity index (χ4v) is 3.06. The van der Waals surface area contributed by atoms with Crippen molar-refractivity contribution in [3.05, 3.63) is 35.9 Å². The standard InChI is InChI=1S/C16H22O6/c1-17-12-13(18-2)15-21-10-16(19-3,22-15)14(12)20-9-11-7-5-4-6-8-11/h4-8,12-15H,9-10H2,1-3H3/t12-,13-,14+,15+,16+/m1/s1. The summed E-state index contributed by atoms with van der Waals surface area (Å²) in [7, 11) is 4.82. The molecule has 1 aromatic carbocycles. The highest BCUT2D eigenvalue weighted by molar-refractivity contribution is 5.13. The summed E-state index contributed by atoms with van der Waals surface area (Å²) in [4.78, 5) is 0. The van der Waals surface area contributed by atoms with Gasteiger partial charge in [-0.05, 0) is 5.56 Å². The van der Waals surface area contributed by atoms with Gasteiger partial charge in [-0.1, -0.05) is 30.3 Å². The van der Waals surface area contributed by atoms with Crippen LogP contribution in [0.25, 0.3) is 0 Å². The molecule has 0 amide bonds. The minimum atomic E-state index is -0.963. The van der Waals surface area contributed by atoms with E-state index in [1.807, 2.05) is 30.3 Å². The van der Waals surface area contributed by atoms with Crippen molar-refractivity contribution in [2.45, 2.75) is 37.0 Å². The summed E-state index contributed by atoms with van der Waals surface area (Å²) < 4.78 is 34.3. The first-order valence-electron chi connectivity index (χ1n) is 7.30. The molecule has 0 radical (unpaired) electrons. The van der Waals surface area contributed by atoms with E-state index >= 15 is 0 Å². The fourth-order valence-electron chi connectivity index (χ4n) is 3.06. The second kappa shape index (κ2) is 6.62. The molecule has 2 bridgehead atoms. The summed E-state index contributed by atoms with van der Waals surface area (Å²) in [5, 5.41) is 0. The molecule has 0 saturated carbocycles. The highest BCUT2D eigenvalue weighted by atomic mass is 16.8. The zero-order valence-electron chi connectivity index (χ0n) is 13.1. The Bertz CT molecular complexity index is 481. The average Bonchev–Trinajstić information content (AvgIpc) is 2.95. The molecule has 0 aliphatic carbocycles. The molecule has 0 aromatic heterocycles. The molecule has 2 saturated heterocycles. The lowest BCUT2D eigenvalue weighted by atomic mass is 9.97. The Balaban J connectivity index is 1.80. The van der Waals surface area contributed by atoms with Gasteiger partial charge in [0.25, 0.3) is 0 Å². The van der Waals surface area contributed by atoms with E-state index in [2.05, 4.69) is 0 Å². The predicted octanol–water partition coefficient (Wildman–Crippen LogP) is 1.33. The molecule has 1 aromatic rings. The highest BCUT2D eigenvalue weighted by Crippen LogP contribution is 2.41. The average molecular weight is 310 g/mol. The number of fused-ring (bicyclic) bond motifs is 2. The molecule has 3 rings (SSSR count). The van der Waals surface area contributed by atoms with Crippen LogP contribution in [0.1, 0.15) is 5.56 Å². The van der Waals surface area contributed by atoms with Gasteiger partial charge in [0.05, 0.1) is 6.61 Å². The molecular weight excluding hydrogens is 288 g/mol. The van der Waals surface area contributed by atoms with Crippen molar-refractivity contribution in [3.63, 3.8) is 0 Å². The van der Waals surface area contributed by atoms with Crippen LogP contribution in [0.15, 0.2) is 30.3 Å². The van der Waals surface area contributed by atoms with Gasteiger partial charge in [0.15, 0.2) is 6.29 Å². The van der Waals surface area contributed by atoms with Gasteiger partial charge >= 0.3 is 0 Å². The molecule has 0 spiro atoms. The summed E-state index contributed by atoms with van der Waals surface area (Å²) in [6, 6.07) is 9.93. The van der Waals surface area contributed by atoms with Crippen LogP contribution in [0, 0.1) is 0 Å². The van der Waals surface area contributed by atoms with Crippen molar-refractivity contribution in [2.75, 3.05) is 27.9 Å². The number of rotatable bonds is 6. The third kappa shape index (κ3) is 2.67. The normalized spacial score (nSPS) is 37.4. The van der Waals surface area contributed by atoms with Crippen molar-refractivity contribution in [2.24, 2.45) is 0 Å². The van der Waals surface area contributed by atoms with Crippen LogP contribution in [-0.2, 0) is 35.0 Å². The molecule has 22 heavy (non-hydrogen) atoms. The van der Waals surface area contributed by atoms with E-state index in [0.29, 0.717) is 6.61 Å². The molecule has 6 nitrogen and oxygen atoms in total. The van der Waals surface area contributed by atoms with Crippen LogP contribution < -0.4 is 0 Å². The van der Waals surface area contributed by atoms with Gasteiger partial charge in [-0.15, -0.1) is 0 Å². The second-order valence-corrected chi connectivity index (χ2v) is 5.43. The Labute approximate surface area is 130 Å². The Hall–Kier alpha value is -1.02. The summed E-state index contributed by atoms with van der Waals surface area (Å²) in [6.07, 6.45) is -1.66. The van der Waals surface area contributed by atoms with Gasteiger partial charge in [0.2, 0.25) is 5.79 Å². The van der Waals surface area contributed by atoms with E-state index in [1.54, 1.807) is 21.3 Å². The van der Waals surface area contributed by atoms with Crippen LogP contribution in [0.4, 0.5) is 0 Å². The second-order valence-electron chi connectivity index (χ2n) is 5.43. The maximum Gasteiger partial charge on any atom is 0.224 e. The Morgan fingerprint density at radius 3 is 2.45 bits per heavy atom. The molecule has 5 atom stereocenters. The van der Waals surface area contributed by atoms with Gasteiger partial charge in [0, 0.05) is 21.3 Å². The van der Waals surface area contributed by atoms with E-state index in [-0.39, 0.29) is 18.8 Å². The summed E-state index contributed by atoms with van der Waals surface area (Å²) in [5.41, 5.74) is 1.07. The number of hydrogen-bond acceptors (Lipinski definition) is 6. The number of ether oxygens (including phenoxy) is 6. The van der Waals surface area contributed by atoms with Crippen LogP contribution in [-0.4, -0.2) is 58.3 Å². The topological polar surface area (TPSA) is 55.4 Å². The van der Waals surface area contributed by atoms with Crippen LogP contribution in [0.5, 0.6) is 0 Å². The Kier molecular flexibility index (Phi) is 4.77. The van der Waals surface area contributed by atoms with E-state index in [0.717, 1.165) is 5.56 Å². The largest absolute Gasteiger partial charge is 0.376 e. The monoisotopic (exact) mass is 310 g/mol. The van der Waals surface area contributed by atoms with E-state index in [1.165, 1.54) is 0 Å². The number of methoxy groups -OCH3 is 3. The van der Waals surface area contributed by atoms with Gasteiger partial charge in [-0.3, -0.25) is 0 Å². The summed E-state index contributed by atoms with van der Waals surface area (Å²) in [5.74, 6) is -0.963. The summed E-state index contributed by atoms with van der Waals surface area (Å²) >= 11 is 0. The van der Waals surface area contributed by atoms with Crippen molar-refractivity contribution in [1.29, 1.82) is 0 Å². The number of benzene rings is 1. The maximum absolute atomic E-state index is 6.09. The quantitative estimate of drug-likeness (QED) is 0.790. The molecule has 6 heteroatoms. The predicted molar refractivity (Wildman–Crippen MR) is 77.2 cm³/mol. The van der Waals surface area contributed by atoms with Crippen LogP contribution in [0.2, 0.25) is 0 Å². The van der Waals surface area contributed by atoms with Crippen molar-refractivity contribution < 1.29 is 28.4 Å². The van der Waals surface area contributed by atoms with Crippen molar-refractivity contribution in [1.82, 2.24) is 0 Å². The minimum Gasteiger partial charge on any atom is -0.376 e. The Morgan fingerprint density at radius 1 is 1.09 bits per heavy atom. The third-order valence-electron chi connectivity index (χ3n) is 4.25. The van der Waals surface area contributed by atoms with Crippen LogP contribution in [0.3, 0.4) is 0 Å². The van der Waals surface area contributed by atoms with Gasteiger partial charge < -0.3 is 28.4 Å². The van der Waals surface area contributed by atoms with E-state index in [9.17, 15) is 0 Å². The number of hydrogen-bond donors (Lipinski definition) is 0. The first kappa shape index (κ1) is 15.9. The summed E-state index contributed by atoms with van der Waals surface area (Å²) in [6.45, 7) is 0.717. The van der Waals surface area contributed by atoms with Gasteiger partial charge in [-0.25, -0.2) is 0 Å². The maximum atomic E-state index is 6.09. The van der Waals surface area contributed by atoms with Crippen LogP contribution >= 0.6 is 0 Å². The van der Waals surface area contributed by atoms with Gasteiger partial charge in [-0.2, -0.15) is 0 Å². The molecule has 0 N–H and O–H groups in total. The minimum absolute atomic E-state index is 0.285. The Morgan fingerprint density at radius 2 is 1.82 bits per heavy atom. The van der Waals surface area contributed by atoms with E-state index < -0.39 is 18.2 Å². The van der Waals surface area contributed by atoms with Crippen molar-refractivity contribution in [3.8, 4) is 0 Å². The lowest BCUT2D eigenvalue weighted by Gasteiger charge is -2.44. The smallest absolute Gasteiger partial charge is 0.224 e. The molecule has 0 unspecified atom stereocenters. The van der Waals surface area contributed by atoms with Crippen molar-refractivity contribution >= 4 is 0 Å². The molecule has 2 aliphatic rings. The van der Waals surface area contributed by atoms with E-state index in [4.69, 9.17) is 28.4 Å². The molecule has 2 aliphatic heterocycles. The zero-order chi connectivity index (χ0) is 15.6. The molecule has 122 valence electrons. The highest BCUT2D eigenvalue weighted by Gasteiger charge is 2.62. The molecular formula is C16H22O6. The molecule has 2 heterocycles. The lowest BCUT2D eigenvalue weighted by molar-refractivity contribution is -0.344.